The molecule has 1 heterocycles. The first kappa shape index (κ1) is 17.5. The Bertz CT molecular complexity index is 502. The minimum Gasteiger partial charge on any atom is -0.255 e. The third-order valence-electron chi connectivity index (χ3n) is 2.63. The lowest BCUT2D eigenvalue weighted by molar-refractivity contribution is 0.556. The van der Waals surface area contributed by atoms with Gasteiger partial charge in [-0.2, -0.15) is 0 Å². The van der Waals surface area contributed by atoms with Crippen molar-refractivity contribution in [2.24, 2.45) is 0 Å². The van der Waals surface area contributed by atoms with E-state index in [0.29, 0.717) is 16.6 Å². The van der Waals surface area contributed by atoms with E-state index in [4.69, 9.17) is 0 Å². The number of hydrogen-bond donors (Lipinski definition) is 1. The highest BCUT2D eigenvalue weighted by molar-refractivity contribution is 9.10. The molecule has 1 rings (SSSR count). The van der Waals surface area contributed by atoms with E-state index in [0.717, 1.165) is 6.42 Å². The van der Waals surface area contributed by atoms with Gasteiger partial charge in [0, 0.05) is 4.47 Å². The van der Waals surface area contributed by atoms with Gasteiger partial charge >= 0.3 is 0 Å². The number of hydrogen-bond acceptors (Lipinski definition) is 2. The Morgan fingerprint density at radius 3 is 2.75 bits per heavy atom. The van der Waals surface area contributed by atoms with Gasteiger partial charge in [0.1, 0.15) is 5.82 Å². The highest BCUT2D eigenvalue weighted by Crippen LogP contribution is 2.27. The molecule has 0 spiro atoms. The Morgan fingerprint density at radius 2 is 2.25 bits per heavy atom. The molecule has 0 radical (unpaired) electrons. The molecule has 0 bridgehead atoms. The van der Waals surface area contributed by atoms with Crippen LogP contribution in [-0.2, 0) is 11.0 Å². The number of allylic oxidation sites excluding steroid dienone is 1. The third kappa shape index (κ3) is 5.07. The van der Waals surface area contributed by atoms with Crippen LogP contribution in [-0.4, -0.2) is 13.9 Å². The van der Waals surface area contributed by atoms with Gasteiger partial charge in [0.25, 0.3) is 0 Å². The van der Waals surface area contributed by atoms with Crippen molar-refractivity contribution < 1.29 is 8.60 Å². The first-order valence-corrected chi connectivity index (χ1v) is 8.30. The van der Waals surface area contributed by atoms with E-state index < -0.39 is 16.8 Å². The summed E-state index contributed by atoms with van der Waals surface area (Å²) in [5, 5.41) is 0. The van der Waals surface area contributed by atoms with Crippen molar-refractivity contribution >= 4 is 26.9 Å². The predicted octanol–water partition coefficient (Wildman–Crippen LogP) is 4.04. The Balaban J connectivity index is 2.99. The van der Waals surface area contributed by atoms with Crippen LogP contribution < -0.4 is 4.72 Å². The molecule has 0 saturated heterocycles. The van der Waals surface area contributed by atoms with Gasteiger partial charge in [-0.3, -0.25) is 4.98 Å². The van der Waals surface area contributed by atoms with Crippen LogP contribution in [0, 0.1) is 5.82 Å². The number of nitrogens with one attached hydrogen (secondary N) is 1. The molecule has 20 heavy (non-hydrogen) atoms. The average Bonchev–Trinajstić information content (AvgIpc) is 2.33. The van der Waals surface area contributed by atoms with Crippen molar-refractivity contribution in [3.05, 3.63) is 40.9 Å². The molecule has 6 heteroatoms. The molecule has 112 valence electrons. The van der Waals surface area contributed by atoms with E-state index >= 15 is 0 Å². The summed E-state index contributed by atoms with van der Waals surface area (Å²) in [6.07, 6.45) is 4.42. The normalized spacial score (nSPS) is 14.8. The number of aromatic nitrogens is 1. The fourth-order valence-electron chi connectivity index (χ4n) is 1.52. The topological polar surface area (TPSA) is 42.0 Å². The lowest BCUT2D eigenvalue weighted by Gasteiger charge is -2.24. The van der Waals surface area contributed by atoms with Crippen LogP contribution in [0.4, 0.5) is 4.39 Å². The molecule has 1 N–H and O–H groups in total. The molecule has 0 aliphatic carbocycles. The summed E-state index contributed by atoms with van der Waals surface area (Å²) in [5.74, 6) is -0.403. The van der Waals surface area contributed by atoms with Crippen LogP contribution in [0.1, 0.15) is 45.3 Å². The van der Waals surface area contributed by atoms with Crippen molar-refractivity contribution in [2.75, 3.05) is 0 Å². The van der Waals surface area contributed by atoms with E-state index in [1.807, 2.05) is 20.8 Å². The molecule has 3 nitrogen and oxygen atoms in total. The SMILES string of the molecule is C=CCC[C@H](N[S@@](=O)C(C)(C)C)c1ncc(F)cc1Br. The fraction of sp³-hybridized carbons (Fsp3) is 0.500. The van der Waals surface area contributed by atoms with Crippen molar-refractivity contribution in [1.82, 2.24) is 9.71 Å². The Morgan fingerprint density at radius 1 is 1.60 bits per heavy atom. The summed E-state index contributed by atoms with van der Waals surface area (Å²) in [7, 11) is -1.22. The van der Waals surface area contributed by atoms with E-state index in [2.05, 4.69) is 32.2 Å². The van der Waals surface area contributed by atoms with Crippen molar-refractivity contribution in [2.45, 2.75) is 44.4 Å². The molecular weight excluding hydrogens is 343 g/mol. The van der Waals surface area contributed by atoms with Gasteiger partial charge in [-0.15, -0.1) is 6.58 Å². The summed E-state index contributed by atoms with van der Waals surface area (Å²) in [4.78, 5) is 4.11. The molecule has 1 aromatic heterocycles. The van der Waals surface area contributed by atoms with Gasteiger partial charge in [0.2, 0.25) is 0 Å². The third-order valence-corrected chi connectivity index (χ3v) is 4.88. The minimum absolute atomic E-state index is 0.219. The Hall–Kier alpha value is -0.590. The molecule has 0 aliphatic rings. The van der Waals surface area contributed by atoms with Crippen molar-refractivity contribution in [3.8, 4) is 0 Å². The maximum absolute atomic E-state index is 13.1. The summed E-state index contributed by atoms with van der Waals surface area (Å²) in [5.41, 5.74) is 0.658. The highest BCUT2D eigenvalue weighted by atomic mass is 79.9. The number of halogens is 2. The Labute approximate surface area is 130 Å². The van der Waals surface area contributed by atoms with Crippen molar-refractivity contribution in [1.29, 1.82) is 0 Å². The summed E-state index contributed by atoms with van der Waals surface area (Å²) in [6, 6.07) is 1.15. The largest absolute Gasteiger partial charge is 0.255 e. The maximum Gasteiger partial charge on any atom is 0.142 e. The summed E-state index contributed by atoms with van der Waals surface area (Å²) >= 11 is 3.31. The van der Waals surface area contributed by atoms with Gasteiger partial charge in [-0.25, -0.2) is 13.3 Å². The van der Waals surface area contributed by atoms with Gasteiger partial charge in [-0.05, 0) is 55.6 Å². The van der Waals surface area contributed by atoms with Crippen molar-refractivity contribution in [3.63, 3.8) is 0 Å². The zero-order valence-corrected chi connectivity index (χ0v) is 14.4. The lowest BCUT2D eigenvalue weighted by atomic mass is 10.1. The van der Waals surface area contributed by atoms with Crippen LogP contribution in [0.25, 0.3) is 0 Å². The first-order valence-electron chi connectivity index (χ1n) is 6.35. The molecule has 1 aromatic rings. The summed E-state index contributed by atoms with van der Waals surface area (Å²) < 4.78 is 28.6. The molecule has 2 atom stereocenters. The number of pyridine rings is 1. The van der Waals surface area contributed by atoms with Gasteiger partial charge < -0.3 is 0 Å². The smallest absolute Gasteiger partial charge is 0.142 e. The average molecular weight is 363 g/mol. The first-order chi connectivity index (χ1) is 9.25. The second kappa shape index (κ2) is 7.43. The van der Waals surface area contributed by atoms with Gasteiger partial charge in [-0.1, -0.05) is 6.08 Å². The minimum atomic E-state index is -1.22. The zero-order chi connectivity index (χ0) is 15.3. The Kier molecular flexibility index (Phi) is 6.48. The second-order valence-electron chi connectivity index (χ2n) is 5.44. The molecule has 0 amide bonds. The van der Waals surface area contributed by atoms with Crippen LogP contribution in [0.5, 0.6) is 0 Å². The molecule has 0 aliphatic heterocycles. The number of rotatable bonds is 6. The zero-order valence-electron chi connectivity index (χ0n) is 12.0. The van der Waals surface area contributed by atoms with Gasteiger partial charge in [0.15, 0.2) is 0 Å². The standard InChI is InChI=1S/C14H20BrFN2OS/c1-5-6-7-12(18-20(19)14(2,3)4)13-11(15)8-10(16)9-17-13/h5,8-9,12,18H,1,6-7H2,2-4H3/t12-,20-/m0/s1. The molecule has 0 saturated carbocycles. The molecule has 0 aromatic carbocycles. The van der Waals surface area contributed by atoms with Gasteiger partial charge in [0.05, 0.1) is 33.7 Å². The summed E-state index contributed by atoms with van der Waals surface area (Å²) in [6.45, 7) is 9.38. The molecule has 0 unspecified atom stereocenters. The maximum atomic E-state index is 13.1. The number of nitrogens with zero attached hydrogens (tertiary/aromatic N) is 1. The van der Waals surface area contributed by atoms with Crippen LogP contribution >= 0.6 is 15.9 Å². The van der Waals surface area contributed by atoms with Crippen LogP contribution in [0.15, 0.2) is 29.4 Å². The second-order valence-corrected chi connectivity index (χ2v) is 8.29. The van der Waals surface area contributed by atoms with E-state index in [-0.39, 0.29) is 10.8 Å². The van der Waals surface area contributed by atoms with E-state index in [1.165, 1.54) is 12.3 Å². The molecular formula is C14H20BrFN2OS. The quantitative estimate of drug-likeness (QED) is 0.775. The fourth-order valence-corrected chi connectivity index (χ4v) is 2.96. The van der Waals surface area contributed by atoms with Crippen LogP contribution in [0.3, 0.4) is 0 Å². The van der Waals surface area contributed by atoms with E-state index in [9.17, 15) is 8.60 Å². The monoisotopic (exact) mass is 362 g/mol. The molecule has 0 fully saturated rings. The predicted molar refractivity (Wildman–Crippen MR) is 85.1 cm³/mol. The highest BCUT2D eigenvalue weighted by Gasteiger charge is 2.25. The van der Waals surface area contributed by atoms with E-state index in [1.54, 1.807) is 6.08 Å². The van der Waals surface area contributed by atoms with Crippen LogP contribution in [0.2, 0.25) is 0 Å². The lowest BCUT2D eigenvalue weighted by Crippen LogP contribution is -2.36.